The summed E-state index contributed by atoms with van der Waals surface area (Å²) in [6, 6.07) is 0. The van der Waals surface area contributed by atoms with Gasteiger partial charge < -0.3 is 0 Å². The number of halogens is 2. The average molecular weight is 195 g/mol. The number of rotatable bonds is 0. The van der Waals surface area contributed by atoms with Crippen LogP contribution in [0.5, 0.6) is 0 Å². The molecule has 0 aromatic heterocycles. The number of alkyl halides is 2. The lowest BCUT2D eigenvalue weighted by Gasteiger charge is -2.25. The van der Waals surface area contributed by atoms with Crippen LogP contribution >= 0.6 is 15.9 Å². The molecule has 0 spiro atoms. The molecule has 1 aliphatic carbocycles. The molecule has 0 nitrogen and oxygen atoms in total. The first-order valence-corrected chi connectivity index (χ1v) is 4.40. The Labute approximate surface area is 64.0 Å². The first kappa shape index (κ1) is 7.52. The Balaban J connectivity index is 2.35. The number of hydrogen-bond donors (Lipinski definition) is 0. The fraction of sp³-hybridized carbons (Fsp3) is 1.00. The van der Waals surface area contributed by atoms with Crippen LogP contribution in [0.4, 0.5) is 4.39 Å². The maximum Gasteiger partial charge on any atom is 0.104 e. The van der Waals surface area contributed by atoms with Crippen molar-refractivity contribution in [3.8, 4) is 0 Å². The maximum absolute atomic E-state index is 12.8. The molecule has 1 saturated carbocycles. The average Bonchev–Trinajstić information content (AvgIpc) is 1.80. The molecule has 0 aromatic carbocycles. The first-order chi connectivity index (χ1) is 4.20. The van der Waals surface area contributed by atoms with E-state index in [0.717, 1.165) is 12.8 Å². The molecule has 0 radical (unpaired) electrons. The van der Waals surface area contributed by atoms with Crippen LogP contribution in [0, 0.1) is 5.92 Å². The molecule has 0 aromatic rings. The largest absolute Gasteiger partial charge is 0.247 e. The van der Waals surface area contributed by atoms with Crippen LogP contribution in [-0.4, -0.2) is 11.0 Å². The minimum absolute atomic E-state index is 0.291. The summed E-state index contributed by atoms with van der Waals surface area (Å²) in [5.41, 5.74) is 0. The second kappa shape index (κ2) is 3.00. The normalized spacial score (nSPS) is 45.0. The van der Waals surface area contributed by atoms with Crippen molar-refractivity contribution in [1.82, 2.24) is 0 Å². The molecule has 1 rings (SSSR count). The van der Waals surface area contributed by atoms with Gasteiger partial charge in [0.2, 0.25) is 0 Å². The monoisotopic (exact) mass is 194 g/mol. The van der Waals surface area contributed by atoms with Gasteiger partial charge in [0.05, 0.1) is 0 Å². The fourth-order valence-corrected chi connectivity index (χ4v) is 1.84. The summed E-state index contributed by atoms with van der Waals surface area (Å²) in [5.74, 6) is 0.291. The van der Waals surface area contributed by atoms with Crippen LogP contribution in [0.2, 0.25) is 0 Å². The van der Waals surface area contributed by atoms with Gasteiger partial charge in [0.15, 0.2) is 0 Å². The zero-order valence-electron chi connectivity index (χ0n) is 5.61. The first-order valence-electron chi connectivity index (χ1n) is 3.48. The molecule has 0 saturated heterocycles. The SMILES string of the molecule is C[C@@H]1CCC(Br)CC1F. The minimum Gasteiger partial charge on any atom is -0.247 e. The van der Waals surface area contributed by atoms with Crippen molar-refractivity contribution in [3.05, 3.63) is 0 Å². The molecule has 1 aliphatic rings. The lowest BCUT2D eigenvalue weighted by molar-refractivity contribution is 0.185. The molecular weight excluding hydrogens is 183 g/mol. The van der Waals surface area contributed by atoms with Crippen LogP contribution in [0.15, 0.2) is 0 Å². The van der Waals surface area contributed by atoms with Crippen molar-refractivity contribution in [3.63, 3.8) is 0 Å². The third-order valence-corrected chi connectivity index (χ3v) is 2.87. The fourth-order valence-electron chi connectivity index (χ4n) is 1.22. The van der Waals surface area contributed by atoms with Gasteiger partial charge in [-0.1, -0.05) is 22.9 Å². The van der Waals surface area contributed by atoms with E-state index in [1.54, 1.807) is 0 Å². The lowest BCUT2D eigenvalue weighted by atomic mass is 9.89. The van der Waals surface area contributed by atoms with Crippen LogP contribution < -0.4 is 0 Å². The Morgan fingerprint density at radius 2 is 2.11 bits per heavy atom. The molecule has 54 valence electrons. The topological polar surface area (TPSA) is 0 Å². The van der Waals surface area contributed by atoms with E-state index in [9.17, 15) is 4.39 Å². The van der Waals surface area contributed by atoms with Crippen molar-refractivity contribution in [2.75, 3.05) is 0 Å². The Morgan fingerprint density at radius 3 is 2.56 bits per heavy atom. The van der Waals surface area contributed by atoms with Crippen LogP contribution in [0.1, 0.15) is 26.2 Å². The maximum atomic E-state index is 12.8. The van der Waals surface area contributed by atoms with E-state index in [1.165, 1.54) is 0 Å². The van der Waals surface area contributed by atoms with Gasteiger partial charge in [0.25, 0.3) is 0 Å². The molecule has 9 heavy (non-hydrogen) atoms. The summed E-state index contributed by atoms with van der Waals surface area (Å²) in [4.78, 5) is 0.434. The van der Waals surface area contributed by atoms with Crippen molar-refractivity contribution in [2.24, 2.45) is 5.92 Å². The summed E-state index contributed by atoms with van der Waals surface area (Å²) in [5, 5.41) is 0. The second-order valence-electron chi connectivity index (χ2n) is 2.90. The van der Waals surface area contributed by atoms with E-state index in [4.69, 9.17) is 0 Å². The van der Waals surface area contributed by atoms with Gasteiger partial charge in [-0.05, 0) is 25.2 Å². The molecular formula is C7H12BrF. The molecule has 0 heterocycles. The van der Waals surface area contributed by atoms with Crippen molar-refractivity contribution in [2.45, 2.75) is 37.2 Å². The van der Waals surface area contributed by atoms with Crippen LogP contribution in [0.3, 0.4) is 0 Å². The lowest BCUT2D eigenvalue weighted by Crippen LogP contribution is -2.23. The highest BCUT2D eigenvalue weighted by Crippen LogP contribution is 2.30. The second-order valence-corrected chi connectivity index (χ2v) is 4.20. The molecule has 1 fully saturated rings. The quantitative estimate of drug-likeness (QED) is 0.521. The van der Waals surface area contributed by atoms with E-state index in [0.29, 0.717) is 17.2 Å². The van der Waals surface area contributed by atoms with Gasteiger partial charge in [-0.15, -0.1) is 0 Å². The minimum atomic E-state index is -0.567. The molecule has 0 N–H and O–H groups in total. The van der Waals surface area contributed by atoms with Crippen LogP contribution in [0.25, 0.3) is 0 Å². The van der Waals surface area contributed by atoms with Gasteiger partial charge >= 0.3 is 0 Å². The van der Waals surface area contributed by atoms with E-state index < -0.39 is 6.17 Å². The summed E-state index contributed by atoms with van der Waals surface area (Å²) in [7, 11) is 0. The zero-order valence-corrected chi connectivity index (χ0v) is 7.20. The Bertz CT molecular complexity index is 94.9. The highest BCUT2D eigenvalue weighted by Gasteiger charge is 2.25. The highest BCUT2D eigenvalue weighted by molar-refractivity contribution is 9.09. The third kappa shape index (κ3) is 1.92. The van der Waals surface area contributed by atoms with Crippen molar-refractivity contribution >= 4 is 15.9 Å². The van der Waals surface area contributed by atoms with Crippen LogP contribution in [-0.2, 0) is 0 Å². The molecule has 3 atom stereocenters. The Kier molecular flexibility index (Phi) is 2.50. The van der Waals surface area contributed by atoms with Crippen molar-refractivity contribution < 1.29 is 4.39 Å². The van der Waals surface area contributed by atoms with E-state index >= 15 is 0 Å². The van der Waals surface area contributed by atoms with Crippen molar-refractivity contribution in [1.29, 1.82) is 0 Å². The number of hydrogen-bond acceptors (Lipinski definition) is 0. The highest BCUT2D eigenvalue weighted by atomic mass is 79.9. The smallest absolute Gasteiger partial charge is 0.104 e. The summed E-state index contributed by atoms with van der Waals surface area (Å²) in [6.07, 6.45) is 2.32. The van der Waals surface area contributed by atoms with Gasteiger partial charge in [0.1, 0.15) is 6.17 Å². The standard InChI is InChI=1S/C7H12BrF/c1-5-2-3-6(8)4-7(5)9/h5-7H,2-4H2,1H3/t5-,6?,7?/m1/s1. The van der Waals surface area contributed by atoms with E-state index in [-0.39, 0.29) is 0 Å². The Morgan fingerprint density at radius 1 is 1.44 bits per heavy atom. The molecule has 0 aliphatic heterocycles. The van der Waals surface area contributed by atoms with E-state index in [2.05, 4.69) is 15.9 Å². The van der Waals surface area contributed by atoms with Gasteiger partial charge in [-0.25, -0.2) is 4.39 Å². The zero-order chi connectivity index (χ0) is 6.85. The third-order valence-electron chi connectivity index (χ3n) is 2.03. The predicted molar refractivity (Wildman–Crippen MR) is 40.6 cm³/mol. The molecule has 2 heteroatoms. The van der Waals surface area contributed by atoms with Gasteiger partial charge in [-0.3, -0.25) is 0 Å². The summed E-state index contributed by atoms with van der Waals surface area (Å²) < 4.78 is 12.8. The van der Waals surface area contributed by atoms with E-state index in [1.807, 2.05) is 6.92 Å². The summed E-state index contributed by atoms with van der Waals surface area (Å²) >= 11 is 3.42. The molecule has 2 unspecified atom stereocenters. The molecule has 0 amide bonds. The molecule has 0 bridgehead atoms. The summed E-state index contributed by atoms with van der Waals surface area (Å²) in [6.45, 7) is 1.99. The predicted octanol–water partition coefficient (Wildman–Crippen LogP) is 2.91. The van der Waals surface area contributed by atoms with Gasteiger partial charge in [0, 0.05) is 4.83 Å². The van der Waals surface area contributed by atoms with Gasteiger partial charge in [-0.2, -0.15) is 0 Å². The Hall–Kier alpha value is 0.410.